The van der Waals surface area contributed by atoms with Crippen molar-refractivity contribution in [2.45, 2.75) is 63.3 Å². The summed E-state index contributed by atoms with van der Waals surface area (Å²) in [5.74, 6) is -1.48. The number of amides is 2. The maximum absolute atomic E-state index is 13.4. The molecule has 4 N–H and O–H groups in total. The van der Waals surface area contributed by atoms with Gasteiger partial charge in [0.1, 0.15) is 16.7 Å². The normalized spacial score (nSPS) is 16.9. The smallest absolute Gasteiger partial charge is 0.236 e. The van der Waals surface area contributed by atoms with Crippen LogP contribution < -0.4 is 16.4 Å². The van der Waals surface area contributed by atoms with Crippen LogP contribution in [-0.4, -0.2) is 55.2 Å². The van der Waals surface area contributed by atoms with Gasteiger partial charge in [-0.2, -0.15) is 0 Å². The van der Waals surface area contributed by atoms with Gasteiger partial charge in [-0.1, -0.05) is 57.5 Å². The lowest BCUT2D eigenvalue weighted by atomic mass is 9.72. The first kappa shape index (κ1) is 27.4. The number of nitrogens with two attached hydrogens (primary N) is 1. The van der Waals surface area contributed by atoms with E-state index in [1.165, 1.54) is 6.92 Å². The summed E-state index contributed by atoms with van der Waals surface area (Å²) < 4.78 is 25.0. The number of primary amides is 1. The maximum atomic E-state index is 13.4. The molecule has 0 saturated carbocycles. The SMILES string of the molecule is CCCC(Cc1ccccc1)(NC(=O)CCl)C(C)([C@@H](NCC(C)C)C(N)=O)S(C)(=O)=O. The zero-order valence-electron chi connectivity index (χ0n) is 19.1. The molecule has 0 saturated heterocycles. The van der Waals surface area contributed by atoms with Crippen LogP contribution in [-0.2, 0) is 25.8 Å². The van der Waals surface area contributed by atoms with Crippen molar-refractivity contribution >= 4 is 33.3 Å². The lowest BCUT2D eigenvalue weighted by Gasteiger charge is -2.51. The molecule has 2 amide bonds. The molecule has 0 aromatic heterocycles. The number of carbonyl (C=O) groups excluding carboxylic acids is 2. The predicted octanol–water partition coefficient (Wildman–Crippen LogP) is 2.03. The Bertz CT molecular complexity index is 848. The van der Waals surface area contributed by atoms with Crippen molar-refractivity contribution < 1.29 is 18.0 Å². The first-order chi connectivity index (χ1) is 14.3. The molecule has 1 aromatic carbocycles. The summed E-state index contributed by atoms with van der Waals surface area (Å²) in [5, 5.41) is 5.97. The van der Waals surface area contributed by atoms with E-state index in [1.54, 1.807) is 0 Å². The molecule has 1 aromatic rings. The van der Waals surface area contributed by atoms with Crippen molar-refractivity contribution in [1.82, 2.24) is 10.6 Å². The summed E-state index contributed by atoms with van der Waals surface area (Å²) >= 11 is 5.80. The van der Waals surface area contributed by atoms with Crippen molar-refractivity contribution in [2.24, 2.45) is 11.7 Å². The summed E-state index contributed by atoms with van der Waals surface area (Å²) in [5.41, 5.74) is 5.25. The van der Waals surface area contributed by atoms with E-state index >= 15 is 0 Å². The number of sulfone groups is 1. The lowest BCUT2D eigenvalue weighted by molar-refractivity contribution is -0.125. The van der Waals surface area contributed by atoms with E-state index in [9.17, 15) is 18.0 Å². The molecule has 9 heteroatoms. The van der Waals surface area contributed by atoms with E-state index in [-0.39, 0.29) is 18.2 Å². The number of halogens is 1. The third-order valence-corrected chi connectivity index (χ3v) is 8.22. The molecular formula is C22H36ClN3O4S. The fourth-order valence-electron chi connectivity index (χ4n) is 4.18. The van der Waals surface area contributed by atoms with Crippen LogP contribution in [0.5, 0.6) is 0 Å². The van der Waals surface area contributed by atoms with Gasteiger partial charge in [0.05, 0.1) is 5.54 Å². The Hall–Kier alpha value is -1.64. The van der Waals surface area contributed by atoms with Gasteiger partial charge in [-0.25, -0.2) is 8.42 Å². The summed E-state index contributed by atoms with van der Waals surface area (Å²) in [6.07, 6.45) is 2.15. The highest BCUT2D eigenvalue weighted by Crippen LogP contribution is 2.40. The highest BCUT2D eigenvalue weighted by atomic mass is 35.5. The van der Waals surface area contributed by atoms with Crippen LogP contribution in [0, 0.1) is 5.92 Å². The topological polar surface area (TPSA) is 118 Å². The van der Waals surface area contributed by atoms with E-state index < -0.39 is 38.0 Å². The zero-order valence-corrected chi connectivity index (χ0v) is 20.6. The predicted molar refractivity (Wildman–Crippen MR) is 126 cm³/mol. The molecule has 31 heavy (non-hydrogen) atoms. The fourth-order valence-corrected chi connectivity index (χ4v) is 5.81. The number of benzene rings is 1. The summed E-state index contributed by atoms with van der Waals surface area (Å²) in [6, 6.07) is 8.04. The molecule has 2 unspecified atom stereocenters. The number of nitrogens with one attached hydrogen (secondary N) is 2. The van der Waals surface area contributed by atoms with Gasteiger partial charge in [0.2, 0.25) is 11.8 Å². The fraction of sp³-hybridized carbons (Fsp3) is 0.636. The summed E-state index contributed by atoms with van der Waals surface area (Å²) in [7, 11) is -3.93. The van der Waals surface area contributed by atoms with Gasteiger partial charge in [0, 0.05) is 6.26 Å². The van der Waals surface area contributed by atoms with Gasteiger partial charge in [0.25, 0.3) is 0 Å². The van der Waals surface area contributed by atoms with Crippen LogP contribution in [0.3, 0.4) is 0 Å². The van der Waals surface area contributed by atoms with Crippen LogP contribution in [0.4, 0.5) is 0 Å². The average molecular weight is 474 g/mol. The monoisotopic (exact) mass is 473 g/mol. The minimum atomic E-state index is -3.93. The van der Waals surface area contributed by atoms with Crippen LogP contribution in [0.1, 0.15) is 46.1 Å². The third kappa shape index (κ3) is 6.43. The Morgan fingerprint density at radius 2 is 1.77 bits per heavy atom. The second-order valence-corrected chi connectivity index (χ2v) is 11.4. The molecule has 0 aliphatic rings. The second kappa shape index (κ2) is 11.3. The van der Waals surface area contributed by atoms with Gasteiger partial charge < -0.3 is 16.4 Å². The van der Waals surface area contributed by atoms with E-state index in [4.69, 9.17) is 17.3 Å². The van der Waals surface area contributed by atoms with Crippen molar-refractivity contribution in [3.05, 3.63) is 35.9 Å². The number of carbonyl (C=O) groups is 2. The molecule has 0 spiro atoms. The molecule has 0 radical (unpaired) electrons. The van der Waals surface area contributed by atoms with E-state index in [0.29, 0.717) is 19.4 Å². The quantitative estimate of drug-likeness (QED) is 0.379. The van der Waals surface area contributed by atoms with Gasteiger partial charge in [-0.15, -0.1) is 11.6 Å². The number of rotatable bonds is 13. The minimum absolute atomic E-state index is 0.151. The highest BCUT2D eigenvalue weighted by Gasteiger charge is 2.61. The van der Waals surface area contributed by atoms with Crippen LogP contribution >= 0.6 is 11.6 Å². The van der Waals surface area contributed by atoms with Crippen molar-refractivity contribution in [3.8, 4) is 0 Å². The highest BCUT2D eigenvalue weighted by molar-refractivity contribution is 7.92. The third-order valence-electron chi connectivity index (χ3n) is 5.81. The second-order valence-electron chi connectivity index (χ2n) is 8.69. The summed E-state index contributed by atoms with van der Waals surface area (Å²) in [4.78, 5) is 25.2. The number of hydrogen-bond donors (Lipinski definition) is 3. The van der Waals surface area contributed by atoms with E-state index in [1.807, 2.05) is 51.1 Å². The van der Waals surface area contributed by atoms with Crippen molar-refractivity contribution in [2.75, 3.05) is 18.7 Å². The maximum Gasteiger partial charge on any atom is 0.236 e. The van der Waals surface area contributed by atoms with Crippen LogP contribution in [0.2, 0.25) is 0 Å². The lowest BCUT2D eigenvalue weighted by Crippen LogP contribution is -2.76. The molecule has 176 valence electrons. The molecular weight excluding hydrogens is 438 g/mol. The Balaban J connectivity index is 3.84. The Labute approximate surface area is 191 Å². The minimum Gasteiger partial charge on any atom is -0.368 e. The van der Waals surface area contributed by atoms with Gasteiger partial charge >= 0.3 is 0 Å². The first-order valence-corrected chi connectivity index (χ1v) is 12.9. The number of alkyl halides is 1. The van der Waals surface area contributed by atoms with Crippen LogP contribution in [0.25, 0.3) is 0 Å². The molecule has 7 nitrogen and oxygen atoms in total. The molecule has 1 rings (SSSR count). The van der Waals surface area contributed by atoms with Crippen molar-refractivity contribution in [1.29, 1.82) is 0 Å². The van der Waals surface area contributed by atoms with Gasteiger partial charge in [-0.05, 0) is 37.8 Å². The van der Waals surface area contributed by atoms with Gasteiger partial charge in [0.15, 0.2) is 9.84 Å². The zero-order chi connectivity index (χ0) is 23.9. The molecule has 0 bridgehead atoms. The van der Waals surface area contributed by atoms with E-state index in [0.717, 1.165) is 11.8 Å². The molecule has 3 atom stereocenters. The Morgan fingerprint density at radius 3 is 2.19 bits per heavy atom. The summed E-state index contributed by atoms with van der Waals surface area (Å²) in [6.45, 7) is 7.67. The standard InChI is InChI=1S/C22H36ClN3O4S/c1-6-12-22(26-18(27)14-23,13-17-10-8-7-9-11-17)21(4,31(5,29)30)19(20(24)28)25-15-16(2)3/h7-11,16,19,25H,6,12-15H2,1-5H3,(H2,24,28)(H,26,27)/t19-,21?,22?/m0/s1. The van der Waals surface area contributed by atoms with Crippen molar-refractivity contribution in [3.63, 3.8) is 0 Å². The molecule has 0 heterocycles. The number of hydrogen-bond acceptors (Lipinski definition) is 5. The largest absolute Gasteiger partial charge is 0.368 e. The van der Waals surface area contributed by atoms with Crippen LogP contribution in [0.15, 0.2) is 30.3 Å². The molecule has 0 aliphatic carbocycles. The Morgan fingerprint density at radius 1 is 1.19 bits per heavy atom. The molecule has 0 aliphatic heterocycles. The Kier molecular flexibility index (Phi) is 9.98. The van der Waals surface area contributed by atoms with E-state index in [2.05, 4.69) is 10.6 Å². The average Bonchev–Trinajstić information content (AvgIpc) is 2.67. The molecule has 0 fully saturated rings. The first-order valence-electron chi connectivity index (χ1n) is 10.5. The van der Waals surface area contributed by atoms with Gasteiger partial charge in [-0.3, -0.25) is 9.59 Å².